The molecule has 0 amide bonds. The summed E-state index contributed by atoms with van der Waals surface area (Å²) < 4.78 is 21.8. The molecule has 2 aromatic heterocycles. The number of hydrogen-bond acceptors (Lipinski definition) is 5. The number of rotatable bonds is 1. The zero-order valence-corrected chi connectivity index (χ0v) is 16.8. The normalized spacial score (nSPS) is 21.3. The molecule has 0 radical (unpaired) electrons. The molecule has 1 saturated heterocycles. The minimum absolute atomic E-state index is 0.00642. The van der Waals surface area contributed by atoms with E-state index in [0.29, 0.717) is 6.61 Å². The quantitative estimate of drug-likeness (QED) is 0.617. The van der Waals surface area contributed by atoms with E-state index in [2.05, 4.69) is 23.4 Å². The fourth-order valence-corrected chi connectivity index (χ4v) is 4.10. The zero-order valence-electron chi connectivity index (χ0n) is 16.8. The van der Waals surface area contributed by atoms with Crippen LogP contribution in [0.2, 0.25) is 0 Å². The van der Waals surface area contributed by atoms with Crippen molar-refractivity contribution in [3.05, 3.63) is 30.6 Å². The lowest BCUT2D eigenvalue weighted by Crippen LogP contribution is -2.19. The fraction of sp³-hybridized carbons (Fsp3) is 0.545. The molecule has 2 aliphatic rings. The topological polar surface area (TPSA) is 63.3 Å². The van der Waals surface area contributed by atoms with Crippen LogP contribution in [0.4, 0.5) is 0 Å². The predicted molar refractivity (Wildman–Crippen MR) is 110 cm³/mol. The number of fused-ring (bicyclic) bond motifs is 4. The number of benzene rings is 1. The first-order valence-electron chi connectivity index (χ1n) is 10.8. The Bertz CT molecular complexity index is 958. The molecule has 1 unspecified atom stereocenters. The second kappa shape index (κ2) is 8.55. The minimum Gasteiger partial charge on any atom is -0.493 e. The van der Waals surface area contributed by atoms with Crippen LogP contribution in [-0.4, -0.2) is 46.0 Å². The smallest absolute Gasteiger partial charge is 0.150 e. The van der Waals surface area contributed by atoms with Crippen LogP contribution >= 0.6 is 0 Å². The van der Waals surface area contributed by atoms with Crippen molar-refractivity contribution < 1.29 is 14.2 Å². The summed E-state index contributed by atoms with van der Waals surface area (Å²) >= 11 is 0. The Hall–Kier alpha value is -2.38. The molecule has 3 aromatic rings. The highest BCUT2D eigenvalue weighted by Gasteiger charge is 2.22. The van der Waals surface area contributed by atoms with E-state index in [-0.39, 0.29) is 6.23 Å². The lowest BCUT2D eigenvalue weighted by Gasteiger charge is -2.23. The van der Waals surface area contributed by atoms with Crippen LogP contribution in [0.25, 0.3) is 22.2 Å². The Labute approximate surface area is 170 Å². The van der Waals surface area contributed by atoms with E-state index in [1.54, 1.807) is 0 Å². The van der Waals surface area contributed by atoms with Crippen LogP contribution in [0.5, 0.6) is 5.75 Å². The Kier molecular flexibility index (Phi) is 5.49. The summed E-state index contributed by atoms with van der Waals surface area (Å²) in [5.41, 5.74) is 3.06. The van der Waals surface area contributed by atoms with Crippen molar-refractivity contribution >= 4 is 10.9 Å². The third-order valence-corrected chi connectivity index (χ3v) is 5.64. The lowest BCUT2D eigenvalue weighted by atomic mass is 10.1. The molecule has 1 fully saturated rings. The molecule has 1 aromatic carbocycles. The molecule has 4 bridgehead atoms. The van der Waals surface area contributed by atoms with Gasteiger partial charge in [-0.3, -0.25) is 4.68 Å². The number of hydrogen-bond donors (Lipinski definition) is 0. The van der Waals surface area contributed by atoms with E-state index in [1.807, 2.05) is 21.6 Å². The molecule has 29 heavy (non-hydrogen) atoms. The van der Waals surface area contributed by atoms with Gasteiger partial charge in [-0.1, -0.05) is 0 Å². The van der Waals surface area contributed by atoms with Gasteiger partial charge in [0.15, 0.2) is 6.23 Å². The molecule has 7 nitrogen and oxygen atoms in total. The van der Waals surface area contributed by atoms with E-state index >= 15 is 0 Å². The molecule has 0 spiro atoms. The molecule has 0 aliphatic carbocycles. The molecule has 154 valence electrons. The van der Waals surface area contributed by atoms with Crippen molar-refractivity contribution in [3.8, 4) is 17.0 Å². The van der Waals surface area contributed by atoms with Crippen LogP contribution in [0.15, 0.2) is 30.6 Å². The summed E-state index contributed by atoms with van der Waals surface area (Å²) in [7, 11) is 0. The van der Waals surface area contributed by atoms with E-state index in [1.165, 1.54) is 6.42 Å². The van der Waals surface area contributed by atoms with Crippen LogP contribution in [0, 0.1) is 0 Å². The van der Waals surface area contributed by atoms with Crippen LogP contribution in [0.3, 0.4) is 0 Å². The summed E-state index contributed by atoms with van der Waals surface area (Å²) in [5.74, 6) is 0.863. The van der Waals surface area contributed by atoms with Gasteiger partial charge in [0.1, 0.15) is 11.4 Å². The summed E-state index contributed by atoms with van der Waals surface area (Å²) in [5, 5.41) is 10.6. The first-order chi connectivity index (χ1) is 14.4. The third kappa shape index (κ3) is 4.02. The SMILES string of the molecule is c1cc2c3cc1OCCCOCCCCn1cc(cn1)-c3nn2C1CCCCO1. The van der Waals surface area contributed by atoms with Gasteiger partial charge < -0.3 is 14.2 Å². The van der Waals surface area contributed by atoms with Gasteiger partial charge >= 0.3 is 0 Å². The minimum atomic E-state index is -0.00642. The monoisotopic (exact) mass is 396 g/mol. The van der Waals surface area contributed by atoms with Gasteiger partial charge in [-0.25, -0.2) is 4.68 Å². The van der Waals surface area contributed by atoms with Gasteiger partial charge in [0.2, 0.25) is 0 Å². The first-order valence-corrected chi connectivity index (χ1v) is 10.8. The van der Waals surface area contributed by atoms with E-state index < -0.39 is 0 Å². The number of ether oxygens (including phenoxy) is 3. The number of aromatic nitrogens is 4. The van der Waals surface area contributed by atoms with Gasteiger partial charge in [0.25, 0.3) is 0 Å². The maximum atomic E-state index is 6.03. The third-order valence-electron chi connectivity index (χ3n) is 5.64. The van der Waals surface area contributed by atoms with E-state index in [9.17, 15) is 0 Å². The summed E-state index contributed by atoms with van der Waals surface area (Å²) in [6.45, 7) is 3.86. The second-order valence-corrected chi connectivity index (χ2v) is 7.81. The summed E-state index contributed by atoms with van der Waals surface area (Å²) in [4.78, 5) is 0. The van der Waals surface area contributed by atoms with Gasteiger partial charge in [0, 0.05) is 49.9 Å². The molecule has 2 aliphatic heterocycles. The van der Waals surface area contributed by atoms with E-state index in [4.69, 9.17) is 19.3 Å². The Balaban J connectivity index is 1.56. The lowest BCUT2D eigenvalue weighted by molar-refractivity contribution is -0.0365. The summed E-state index contributed by atoms with van der Waals surface area (Å²) in [6.07, 6.45) is 10.3. The molecule has 7 heteroatoms. The first kappa shape index (κ1) is 18.6. The average molecular weight is 396 g/mol. The van der Waals surface area contributed by atoms with Crippen LogP contribution in [0.1, 0.15) is 44.8 Å². The maximum absolute atomic E-state index is 6.03. The number of aryl methyl sites for hydroxylation is 1. The molecule has 0 saturated carbocycles. The second-order valence-electron chi connectivity index (χ2n) is 7.81. The molecule has 1 atom stereocenters. The molecular weight excluding hydrogens is 368 g/mol. The van der Waals surface area contributed by atoms with Crippen molar-refractivity contribution in [2.75, 3.05) is 26.4 Å². The maximum Gasteiger partial charge on any atom is 0.150 e. The molecule has 0 N–H and O–H groups in total. The highest BCUT2D eigenvalue weighted by molar-refractivity contribution is 5.94. The fourth-order valence-electron chi connectivity index (χ4n) is 4.10. The Morgan fingerprint density at radius 1 is 0.966 bits per heavy atom. The summed E-state index contributed by atoms with van der Waals surface area (Å²) in [6, 6.07) is 6.23. The molecule has 4 heterocycles. The van der Waals surface area contributed by atoms with Crippen molar-refractivity contribution in [1.29, 1.82) is 0 Å². The van der Waals surface area contributed by atoms with Crippen molar-refractivity contribution in [1.82, 2.24) is 19.6 Å². The van der Waals surface area contributed by atoms with Gasteiger partial charge in [0.05, 0.1) is 18.3 Å². The van der Waals surface area contributed by atoms with Gasteiger partial charge in [-0.05, 0) is 50.3 Å². The highest BCUT2D eigenvalue weighted by atomic mass is 16.5. The van der Waals surface area contributed by atoms with Crippen LogP contribution < -0.4 is 4.74 Å². The van der Waals surface area contributed by atoms with Crippen molar-refractivity contribution in [2.24, 2.45) is 0 Å². The van der Waals surface area contributed by atoms with Crippen molar-refractivity contribution in [3.63, 3.8) is 0 Å². The largest absolute Gasteiger partial charge is 0.493 e. The van der Waals surface area contributed by atoms with Gasteiger partial charge in [-0.15, -0.1) is 0 Å². The number of nitrogens with zero attached hydrogens (tertiary/aromatic N) is 4. The van der Waals surface area contributed by atoms with Crippen molar-refractivity contribution in [2.45, 2.75) is 51.3 Å². The average Bonchev–Trinajstić information content (AvgIpc) is 3.37. The Morgan fingerprint density at radius 3 is 2.83 bits per heavy atom. The van der Waals surface area contributed by atoms with Crippen LogP contribution in [-0.2, 0) is 16.0 Å². The zero-order chi connectivity index (χ0) is 19.5. The Morgan fingerprint density at radius 2 is 1.90 bits per heavy atom. The standard InChI is InChI=1S/C22H28N4O3/c1-3-12-29-21(6-1)26-20-8-7-18-14-19(20)22(24-26)17-15-23-25(16-17)9-2-4-10-27-11-5-13-28-18/h7-8,14-16,21H,1-6,9-13H2. The highest BCUT2D eigenvalue weighted by Crippen LogP contribution is 2.34. The van der Waals surface area contributed by atoms with E-state index in [0.717, 1.165) is 86.4 Å². The predicted octanol–water partition coefficient (Wildman–Crippen LogP) is 4.18. The molecule has 5 rings (SSSR count). The molecular formula is C22H28N4O3. The van der Waals surface area contributed by atoms with Gasteiger partial charge in [-0.2, -0.15) is 10.2 Å².